The molecule has 4 heteroatoms. The van der Waals surface area contributed by atoms with Gasteiger partial charge in [0.2, 0.25) is 5.91 Å². The molecule has 1 aromatic rings. The summed E-state index contributed by atoms with van der Waals surface area (Å²) in [5.41, 5.74) is 6.85. The maximum absolute atomic E-state index is 12.2. The number of hydrogen-bond donors (Lipinski definition) is 2. The first-order valence-corrected chi connectivity index (χ1v) is 7.22. The molecule has 1 fully saturated rings. The molecular formula is C16H24N2O2. The maximum Gasteiger partial charge on any atom is 0.221 e. The van der Waals surface area contributed by atoms with Crippen molar-refractivity contribution in [1.82, 2.24) is 5.32 Å². The van der Waals surface area contributed by atoms with E-state index in [0.29, 0.717) is 13.0 Å². The van der Waals surface area contributed by atoms with Gasteiger partial charge in [0.25, 0.3) is 0 Å². The van der Waals surface area contributed by atoms with E-state index in [2.05, 4.69) is 5.32 Å². The Kier molecular flexibility index (Phi) is 4.65. The van der Waals surface area contributed by atoms with Crippen molar-refractivity contribution in [1.29, 1.82) is 0 Å². The fourth-order valence-electron chi connectivity index (χ4n) is 2.86. The highest BCUT2D eigenvalue weighted by Crippen LogP contribution is 2.43. The number of nitrogens with two attached hydrogens (primary N) is 1. The quantitative estimate of drug-likeness (QED) is 0.838. The van der Waals surface area contributed by atoms with Crippen LogP contribution in [-0.2, 0) is 4.79 Å². The third kappa shape index (κ3) is 3.12. The summed E-state index contributed by atoms with van der Waals surface area (Å²) < 4.78 is 5.33. The normalized spacial score (nSPS) is 17.9. The molecule has 0 bridgehead atoms. The van der Waals surface area contributed by atoms with Crippen molar-refractivity contribution < 1.29 is 9.53 Å². The number of benzene rings is 1. The van der Waals surface area contributed by atoms with Gasteiger partial charge in [0.1, 0.15) is 5.75 Å². The Balaban J connectivity index is 1.97. The number of rotatable bonds is 6. The zero-order chi connectivity index (χ0) is 14.6. The van der Waals surface area contributed by atoms with Gasteiger partial charge in [-0.25, -0.2) is 0 Å². The van der Waals surface area contributed by atoms with Gasteiger partial charge in [0, 0.05) is 12.0 Å². The standard InChI is InChI=1S/C16H24N2O2/c1-12(13-6-3-4-7-14(13)20-2)18-15(19)10-16(11-17)8-5-9-16/h3-4,6-7,12H,5,8-11,17H2,1-2H3,(H,18,19)/t12-/m0/s1. The van der Waals surface area contributed by atoms with E-state index >= 15 is 0 Å². The van der Waals surface area contributed by atoms with E-state index < -0.39 is 0 Å². The van der Waals surface area contributed by atoms with E-state index in [9.17, 15) is 4.79 Å². The Bertz CT molecular complexity index is 464. The lowest BCUT2D eigenvalue weighted by Gasteiger charge is -2.40. The SMILES string of the molecule is COc1ccccc1[C@H](C)NC(=O)CC1(CN)CCC1. The Morgan fingerprint density at radius 3 is 2.70 bits per heavy atom. The van der Waals surface area contributed by atoms with Gasteiger partial charge in [-0.05, 0) is 37.8 Å². The fourth-order valence-corrected chi connectivity index (χ4v) is 2.86. The van der Waals surface area contributed by atoms with Gasteiger partial charge in [0.05, 0.1) is 13.2 Å². The molecule has 0 saturated heterocycles. The minimum absolute atomic E-state index is 0.0462. The lowest BCUT2D eigenvalue weighted by atomic mass is 9.66. The van der Waals surface area contributed by atoms with Crippen molar-refractivity contribution in [2.45, 2.75) is 38.6 Å². The molecule has 0 aliphatic heterocycles. The van der Waals surface area contributed by atoms with Gasteiger partial charge in [-0.15, -0.1) is 0 Å². The zero-order valence-corrected chi connectivity index (χ0v) is 12.3. The van der Waals surface area contributed by atoms with Crippen molar-refractivity contribution in [3.05, 3.63) is 29.8 Å². The number of carbonyl (C=O) groups is 1. The molecule has 1 amide bonds. The van der Waals surface area contributed by atoms with Crippen LogP contribution in [0.5, 0.6) is 5.75 Å². The molecule has 4 nitrogen and oxygen atoms in total. The summed E-state index contributed by atoms with van der Waals surface area (Å²) in [7, 11) is 1.64. The predicted molar refractivity (Wildman–Crippen MR) is 79.5 cm³/mol. The molecule has 1 aliphatic carbocycles. The van der Waals surface area contributed by atoms with Crippen LogP contribution in [0.25, 0.3) is 0 Å². The first-order chi connectivity index (χ1) is 9.60. The van der Waals surface area contributed by atoms with Crippen molar-refractivity contribution >= 4 is 5.91 Å². The summed E-state index contributed by atoms with van der Waals surface area (Å²) in [5, 5.41) is 3.05. The highest BCUT2D eigenvalue weighted by Gasteiger charge is 2.37. The van der Waals surface area contributed by atoms with E-state index in [-0.39, 0.29) is 17.4 Å². The number of hydrogen-bond acceptors (Lipinski definition) is 3. The molecule has 1 aromatic carbocycles. The summed E-state index contributed by atoms with van der Waals surface area (Å²) in [6, 6.07) is 7.70. The minimum atomic E-state index is -0.0615. The Morgan fingerprint density at radius 2 is 2.15 bits per heavy atom. The average molecular weight is 276 g/mol. The molecule has 1 aliphatic rings. The van der Waals surface area contributed by atoms with E-state index in [1.54, 1.807) is 7.11 Å². The van der Waals surface area contributed by atoms with Crippen LogP contribution < -0.4 is 15.8 Å². The second kappa shape index (κ2) is 6.27. The highest BCUT2D eigenvalue weighted by molar-refractivity contribution is 5.77. The van der Waals surface area contributed by atoms with Gasteiger partial charge in [0.15, 0.2) is 0 Å². The van der Waals surface area contributed by atoms with Crippen molar-refractivity contribution in [2.75, 3.05) is 13.7 Å². The van der Waals surface area contributed by atoms with Crippen LogP contribution >= 0.6 is 0 Å². The van der Waals surface area contributed by atoms with Gasteiger partial charge in [-0.2, -0.15) is 0 Å². The van der Waals surface area contributed by atoms with Crippen LogP contribution in [0.1, 0.15) is 44.2 Å². The first-order valence-electron chi connectivity index (χ1n) is 7.22. The van der Waals surface area contributed by atoms with E-state index in [1.165, 1.54) is 6.42 Å². The summed E-state index contributed by atoms with van der Waals surface area (Å²) in [4.78, 5) is 12.2. The number of nitrogens with one attached hydrogen (secondary N) is 1. The predicted octanol–water partition coefficient (Wildman–Crippen LogP) is 2.39. The fraction of sp³-hybridized carbons (Fsp3) is 0.562. The highest BCUT2D eigenvalue weighted by atomic mass is 16.5. The molecule has 2 rings (SSSR count). The molecule has 0 unspecified atom stereocenters. The summed E-state index contributed by atoms with van der Waals surface area (Å²) >= 11 is 0. The molecule has 1 saturated carbocycles. The molecule has 0 aromatic heterocycles. The van der Waals surface area contributed by atoms with E-state index in [1.807, 2.05) is 31.2 Å². The number of para-hydroxylation sites is 1. The zero-order valence-electron chi connectivity index (χ0n) is 12.3. The largest absolute Gasteiger partial charge is 0.496 e. The van der Waals surface area contributed by atoms with Crippen LogP contribution in [-0.4, -0.2) is 19.6 Å². The van der Waals surface area contributed by atoms with Gasteiger partial charge >= 0.3 is 0 Å². The molecule has 110 valence electrons. The molecular weight excluding hydrogens is 252 g/mol. The summed E-state index contributed by atoms with van der Waals surface area (Å²) in [5.74, 6) is 0.881. The number of methoxy groups -OCH3 is 1. The van der Waals surface area contributed by atoms with Crippen LogP contribution in [0, 0.1) is 5.41 Å². The second-order valence-electron chi connectivity index (χ2n) is 5.77. The molecule has 1 atom stereocenters. The monoisotopic (exact) mass is 276 g/mol. The Hall–Kier alpha value is -1.55. The summed E-state index contributed by atoms with van der Waals surface area (Å²) in [6.45, 7) is 2.58. The molecule has 20 heavy (non-hydrogen) atoms. The topological polar surface area (TPSA) is 64.3 Å². The first kappa shape index (κ1) is 14.9. The lowest BCUT2D eigenvalue weighted by molar-refractivity contribution is -0.125. The smallest absolute Gasteiger partial charge is 0.221 e. The number of carbonyl (C=O) groups excluding carboxylic acids is 1. The summed E-state index contributed by atoms with van der Waals surface area (Å²) in [6.07, 6.45) is 3.86. The molecule has 0 radical (unpaired) electrons. The third-order valence-electron chi connectivity index (χ3n) is 4.37. The van der Waals surface area contributed by atoms with Crippen molar-refractivity contribution in [3.63, 3.8) is 0 Å². The van der Waals surface area contributed by atoms with Gasteiger partial charge < -0.3 is 15.8 Å². The molecule has 0 spiro atoms. The average Bonchev–Trinajstić information content (AvgIpc) is 2.42. The lowest BCUT2D eigenvalue weighted by Crippen LogP contribution is -2.42. The Morgan fingerprint density at radius 1 is 1.45 bits per heavy atom. The van der Waals surface area contributed by atoms with Crippen molar-refractivity contribution in [2.24, 2.45) is 11.1 Å². The van der Waals surface area contributed by atoms with E-state index in [4.69, 9.17) is 10.5 Å². The van der Waals surface area contributed by atoms with Crippen LogP contribution in [0.15, 0.2) is 24.3 Å². The van der Waals surface area contributed by atoms with Crippen LogP contribution in [0.3, 0.4) is 0 Å². The van der Waals surface area contributed by atoms with E-state index in [0.717, 1.165) is 24.2 Å². The number of amides is 1. The van der Waals surface area contributed by atoms with Crippen LogP contribution in [0.2, 0.25) is 0 Å². The third-order valence-corrected chi connectivity index (χ3v) is 4.37. The Labute approximate surface area is 120 Å². The maximum atomic E-state index is 12.2. The van der Waals surface area contributed by atoms with Crippen molar-refractivity contribution in [3.8, 4) is 5.75 Å². The minimum Gasteiger partial charge on any atom is -0.496 e. The molecule has 3 N–H and O–H groups in total. The van der Waals surface area contributed by atoms with Crippen LogP contribution in [0.4, 0.5) is 0 Å². The number of ether oxygens (including phenoxy) is 1. The van der Waals surface area contributed by atoms with Gasteiger partial charge in [-0.3, -0.25) is 4.79 Å². The second-order valence-corrected chi connectivity index (χ2v) is 5.77. The van der Waals surface area contributed by atoms with Gasteiger partial charge in [-0.1, -0.05) is 24.6 Å². The molecule has 0 heterocycles.